The van der Waals surface area contributed by atoms with Crippen molar-refractivity contribution in [3.8, 4) is 0 Å². The molecule has 1 aromatic heterocycles. The molecule has 1 fully saturated rings. The molecule has 0 aliphatic carbocycles. The topological polar surface area (TPSA) is 48.4 Å². The summed E-state index contributed by atoms with van der Waals surface area (Å²) in [5, 5.41) is 12.8. The van der Waals surface area contributed by atoms with Gasteiger partial charge in [-0.25, -0.2) is 0 Å². The highest BCUT2D eigenvalue weighted by molar-refractivity contribution is 5.47. The number of hydrogen-bond donors (Lipinski definition) is 2. The van der Waals surface area contributed by atoms with Gasteiger partial charge in [0.2, 0.25) is 0 Å². The molecule has 2 N–H and O–H groups in total. The molecule has 24 heavy (non-hydrogen) atoms. The van der Waals surface area contributed by atoms with E-state index in [1.54, 1.807) is 0 Å². The molecule has 1 aliphatic rings. The monoisotopic (exact) mass is 325 g/mol. The molecule has 3 rings (SSSR count). The number of aromatic nitrogens is 1. The third-order valence-corrected chi connectivity index (χ3v) is 4.81. The number of aliphatic hydroxyl groups excluding tert-OH is 1. The Kier molecular flexibility index (Phi) is 5.83. The molecule has 0 bridgehead atoms. The molecule has 1 unspecified atom stereocenters. The van der Waals surface area contributed by atoms with Gasteiger partial charge in [0, 0.05) is 25.0 Å². The number of nitrogens with one attached hydrogen (secondary N) is 1. The molecule has 1 aliphatic heterocycles. The molecule has 4 nitrogen and oxygen atoms in total. The van der Waals surface area contributed by atoms with Crippen LogP contribution in [0.15, 0.2) is 48.7 Å². The van der Waals surface area contributed by atoms with E-state index >= 15 is 0 Å². The van der Waals surface area contributed by atoms with Crippen molar-refractivity contribution in [3.63, 3.8) is 0 Å². The maximum atomic E-state index is 9.25. The molecule has 2 heterocycles. The van der Waals surface area contributed by atoms with Crippen LogP contribution in [0.2, 0.25) is 0 Å². The lowest BCUT2D eigenvalue weighted by atomic mass is 9.97. The highest BCUT2D eigenvalue weighted by Gasteiger charge is 2.18. The van der Waals surface area contributed by atoms with Gasteiger partial charge in [0.1, 0.15) is 0 Å². The fourth-order valence-corrected chi connectivity index (χ4v) is 3.30. The van der Waals surface area contributed by atoms with Crippen LogP contribution in [0.5, 0.6) is 0 Å². The third-order valence-electron chi connectivity index (χ3n) is 4.81. The predicted octanol–water partition coefficient (Wildman–Crippen LogP) is 3.46. The van der Waals surface area contributed by atoms with Crippen LogP contribution in [-0.2, 0) is 6.54 Å². The van der Waals surface area contributed by atoms with Crippen LogP contribution in [-0.4, -0.2) is 34.7 Å². The van der Waals surface area contributed by atoms with Crippen LogP contribution in [0.25, 0.3) is 0 Å². The molecule has 1 aromatic carbocycles. The van der Waals surface area contributed by atoms with Crippen LogP contribution in [0, 0.1) is 5.92 Å². The summed E-state index contributed by atoms with van der Waals surface area (Å²) in [6, 6.07) is 14.8. The second kappa shape index (κ2) is 8.27. The standard InChI is InChI=1S/C20H27N3O/c1-16(20-7-2-3-10-21-20)22-19-6-4-5-18(13-19)14-23-11-8-17(15-24)9-12-23/h2-7,10,13,16-17,22,24H,8-9,11-12,14-15H2,1H3. The molecule has 2 aromatic rings. The molecule has 0 saturated carbocycles. The minimum Gasteiger partial charge on any atom is -0.396 e. The number of piperidine rings is 1. The molecule has 128 valence electrons. The molecular weight excluding hydrogens is 298 g/mol. The first kappa shape index (κ1) is 16.9. The number of pyridine rings is 1. The van der Waals surface area contributed by atoms with E-state index in [0.29, 0.717) is 12.5 Å². The SMILES string of the molecule is CC(Nc1cccc(CN2CCC(CO)CC2)c1)c1ccccn1. The van der Waals surface area contributed by atoms with Crippen molar-refractivity contribution < 1.29 is 5.11 Å². The summed E-state index contributed by atoms with van der Waals surface area (Å²) in [4.78, 5) is 6.89. The highest BCUT2D eigenvalue weighted by Crippen LogP contribution is 2.21. The van der Waals surface area contributed by atoms with Crippen LogP contribution < -0.4 is 5.32 Å². The molecular formula is C20H27N3O. The van der Waals surface area contributed by atoms with Crippen molar-refractivity contribution in [2.24, 2.45) is 5.92 Å². The Balaban J connectivity index is 1.58. The number of likely N-dealkylation sites (tertiary alicyclic amines) is 1. The number of benzene rings is 1. The van der Waals surface area contributed by atoms with Gasteiger partial charge >= 0.3 is 0 Å². The Morgan fingerprint density at radius 2 is 2.04 bits per heavy atom. The van der Waals surface area contributed by atoms with E-state index in [9.17, 15) is 5.11 Å². The molecule has 0 radical (unpaired) electrons. The highest BCUT2D eigenvalue weighted by atomic mass is 16.3. The number of nitrogens with zero attached hydrogens (tertiary/aromatic N) is 2. The molecule has 1 saturated heterocycles. The average Bonchev–Trinajstić information content (AvgIpc) is 2.63. The van der Waals surface area contributed by atoms with Gasteiger partial charge in [0.25, 0.3) is 0 Å². The Hall–Kier alpha value is -1.91. The molecule has 0 spiro atoms. The van der Waals surface area contributed by atoms with Crippen LogP contribution in [0.4, 0.5) is 5.69 Å². The van der Waals surface area contributed by atoms with E-state index in [0.717, 1.165) is 43.9 Å². The van der Waals surface area contributed by atoms with Crippen molar-refractivity contribution in [2.45, 2.75) is 32.4 Å². The van der Waals surface area contributed by atoms with Gasteiger partial charge in [-0.05, 0) is 68.6 Å². The quantitative estimate of drug-likeness (QED) is 0.854. The van der Waals surface area contributed by atoms with Gasteiger partial charge in [0.05, 0.1) is 11.7 Å². The van der Waals surface area contributed by atoms with Crippen LogP contribution in [0.1, 0.15) is 37.1 Å². The number of rotatable bonds is 6. The van der Waals surface area contributed by atoms with E-state index in [-0.39, 0.29) is 6.04 Å². The van der Waals surface area contributed by atoms with Gasteiger partial charge in [0.15, 0.2) is 0 Å². The van der Waals surface area contributed by atoms with Crippen molar-refractivity contribution in [1.82, 2.24) is 9.88 Å². The van der Waals surface area contributed by atoms with E-state index in [1.807, 2.05) is 24.4 Å². The fraction of sp³-hybridized carbons (Fsp3) is 0.450. The minimum absolute atomic E-state index is 0.182. The lowest BCUT2D eigenvalue weighted by Gasteiger charge is -2.31. The van der Waals surface area contributed by atoms with Gasteiger partial charge in [-0.3, -0.25) is 9.88 Å². The third kappa shape index (κ3) is 4.56. The summed E-state index contributed by atoms with van der Waals surface area (Å²) in [6.45, 7) is 5.60. The Bertz CT molecular complexity index is 624. The lowest BCUT2D eigenvalue weighted by molar-refractivity contribution is 0.127. The lowest BCUT2D eigenvalue weighted by Crippen LogP contribution is -2.34. The number of anilines is 1. The summed E-state index contributed by atoms with van der Waals surface area (Å²) in [5.41, 5.74) is 3.51. The maximum absolute atomic E-state index is 9.25. The maximum Gasteiger partial charge on any atom is 0.0657 e. The summed E-state index contributed by atoms with van der Waals surface area (Å²) in [5.74, 6) is 0.494. The van der Waals surface area contributed by atoms with Crippen LogP contribution in [0.3, 0.4) is 0 Å². The van der Waals surface area contributed by atoms with Crippen molar-refractivity contribution in [3.05, 3.63) is 59.9 Å². The van der Waals surface area contributed by atoms with Gasteiger partial charge < -0.3 is 10.4 Å². The summed E-state index contributed by atoms with van der Waals surface area (Å²) in [7, 11) is 0. The Labute approximate surface area is 144 Å². The second-order valence-corrected chi connectivity index (χ2v) is 6.72. The summed E-state index contributed by atoms with van der Waals surface area (Å²) in [6.07, 6.45) is 4.04. The largest absolute Gasteiger partial charge is 0.396 e. The Morgan fingerprint density at radius 3 is 2.75 bits per heavy atom. The zero-order chi connectivity index (χ0) is 16.8. The van der Waals surface area contributed by atoms with E-state index < -0.39 is 0 Å². The molecule has 1 atom stereocenters. The first-order valence-corrected chi connectivity index (χ1v) is 8.84. The van der Waals surface area contributed by atoms with Crippen molar-refractivity contribution in [1.29, 1.82) is 0 Å². The summed E-state index contributed by atoms with van der Waals surface area (Å²) < 4.78 is 0. The van der Waals surface area contributed by atoms with E-state index in [4.69, 9.17) is 0 Å². The van der Waals surface area contributed by atoms with Crippen LogP contribution >= 0.6 is 0 Å². The normalized spacial score (nSPS) is 17.6. The predicted molar refractivity (Wildman–Crippen MR) is 97.8 cm³/mol. The smallest absolute Gasteiger partial charge is 0.0657 e. The first-order valence-electron chi connectivity index (χ1n) is 8.84. The van der Waals surface area contributed by atoms with E-state index in [2.05, 4.69) is 46.4 Å². The van der Waals surface area contributed by atoms with Gasteiger partial charge in [-0.15, -0.1) is 0 Å². The minimum atomic E-state index is 0.182. The first-order chi connectivity index (χ1) is 11.7. The number of aliphatic hydroxyl groups is 1. The fourth-order valence-electron chi connectivity index (χ4n) is 3.30. The number of hydrogen-bond acceptors (Lipinski definition) is 4. The van der Waals surface area contributed by atoms with Crippen molar-refractivity contribution >= 4 is 5.69 Å². The zero-order valence-electron chi connectivity index (χ0n) is 14.4. The van der Waals surface area contributed by atoms with Crippen molar-refractivity contribution in [2.75, 3.05) is 25.0 Å². The summed E-state index contributed by atoms with van der Waals surface area (Å²) >= 11 is 0. The zero-order valence-corrected chi connectivity index (χ0v) is 14.4. The molecule has 0 amide bonds. The Morgan fingerprint density at radius 1 is 1.21 bits per heavy atom. The van der Waals surface area contributed by atoms with E-state index in [1.165, 1.54) is 5.56 Å². The average molecular weight is 325 g/mol. The van der Waals surface area contributed by atoms with Gasteiger partial charge in [-0.2, -0.15) is 0 Å². The van der Waals surface area contributed by atoms with Gasteiger partial charge in [-0.1, -0.05) is 18.2 Å². The second-order valence-electron chi connectivity index (χ2n) is 6.72. The molecule has 4 heteroatoms.